The van der Waals surface area contributed by atoms with Crippen molar-refractivity contribution in [2.75, 3.05) is 13.2 Å². The summed E-state index contributed by atoms with van der Waals surface area (Å²) in [6, 6.07) is 0. The highest BCUT2D eigenvalue weighted by Gasteiger charge is 2.65. The Bertz CT molecular complexity index is 949. The number of epoxide rings is 2. The van der Waals surface area contributed by atoms with E-state index in [-0.39, 0.29) is 25.2 Å². The van der Waals surface area contributed by atoms with Crippen LogP contribution in [-0.4, -0.2) is 72.7 Å². The van der Waals surface area contributed by atoms with Gasteiger partial charge in [-0.25, -0.2) is 4.79 Å². The van der Waals surface area contributed by atoms with Gasteiger partial charge in [0.1, 0.15) is 42.7 Å². The first kappa shape index (κ1) is 23.4. The molecule has 0 N–H and O–H groups in total. The van der Waals surface area contributed by atoms with Crippen LogP contribution in [0, 0.1) is 5.92 Å². The second-order valence-electron chi connectivity index (χ2n) is 9.29. The molecule has 2 saturated heterocycles. The number of esters is 4. The molecule has 4 aliphatic rings. The van der Waals surface area contributed by atoms with E-state index < -0.39 is 65.4 Å². The van der Waals surface area contributed by atoms with Crippen LogP contribution >= 0.6 is 0 Å². The number of ether oxygens (including phenoxy) is 6. The van der Waals surface area contributed by atoms with Crippen molar-refractivity contribution in [2.24, 2.45) is 5.92 Å². The van der Waals surface area contributed by atoms with Gasteiger partial charge in [0.15, 0.2) is 6.10 Å². The van der Waals surface area contributed by atoms with Gasteiger partial charge in [-0.1, -0.05) is 26.0 Å². The molecule has 33 heavy (non-hydrogen) atoms. The van der Waals surface area contributed by atoms with Crippen molar-refractivity contribution in [1.82, 2.24) is 0 Å². The number of fused-ring (bicyclic) bond motifs is 4. The number of carbonyl (C=O) groups excluding carboxylic acids is 4. The van der Waals surface area contributed by atoms with E-state index in [1.54, 1.807) is 13.8 Å². The first-order valence-corrected chi connectivity index (χ1v) is 10.9. The first-order chi connectivity index (χ1) is 15.5. The zero-order chi connectivity index (χ0) is 24.1. The smallest absolute Gasteiger partial charge is 0.338 e. The molecule has 0 aromatic heterocycles. The quantitative estimate of drug-likeness (QED) is 0.244. The van der Waals surface area contributed by atoms with E-state index in [0.29, 0.717) is 5.57 Å². The van der Waals surface area contributed by atoms with Crippen LogP contribution in [-0.2, 0) is 47.6 Å². The average molecular weight is 464 g/mol. The lowest BCUT2D eigenvalue weighted by atomic mass is 9.85. The summed E-state index contributed by atoms with van der Waals surface area (Å²) in [5.74, 6) is -2.62. The van der Waals surface area contributed by atoms with Gasteiger partial charge in [0.2, 0.25) is 0 Å². The molecule has 1 unspecified atom stereocenters. The summed E-state index contributed by atoms with van der Waals surface area (Å²) in [4.78, 5) is 48.3. The normalized spacial score (nSPS) is 37.2. The van der Waals surface area contributed by atoms with Gasteiger partial charge >= 0.3 is 23.9 Å². The Hall–Kier alpha value is -2.72. The lowest BCUT2D eigenvalue weighted by molar-refractivity contribution is -0.154. The lowest BCUT2D eigenvalue weighted by Crippen LogP contribution is -2.38. The topological polar surface area (TPSA) is 130 Å². The Morgan fingerprint density at radius 3 is 2.48 bits per heavy atom. The summed E-state index contributed by atoms with van der Waals surface area (Å²) in [6.07, 6.45) is 1.12. The van der Waals surface area contributed by atoms with Gasteiger partial charge in [-0.2, -0.15) is 0 Å². The van der Waals surface area contributed by atoms with E-state index in [2.05, 4.69) is 0 Å². The first-order valence-electron chi connectivity index (χ1n) is 10.9. The highest BCUT2D eigenvalue weighted by Crippen LogP contribution is 2.52. The van der Waals surface area contributed by atoms with Gasteiger partial charge in [-0.15, -0.1) is 0 Å². The van der Waals surface area contributed by atoms with E-state index in [0.717, 1.165) is 0 Å². The SMILES string of the molecule is CC(=O)OCC1=C2C(OC(=O)C(C)C)C[C@@]3(COC(C)=O)O[C@H]3/C=C\[C@@]3(C)O[C@@H]3[C@H]2OC1=O. The van der Waals surface area contributed by atoms with Crippen molar-refractivity contribution in [3.63, 3.8) is 0 Å². The zero-order valence-electron chi connectivity index (χ0n) is 19.2. The molecule has 1 aliphatic carbocycles. The van der Waals surface area contributed by atoms with Crippen molar-refractivity contribution in [2.45, 2.75) is 76.7 Å². The second-order valence-corrected chi connectivity index (χ2v) is 9.29. The predicted octanol–water partition coefficient (Wildman–Crippen LogP) is 1.16. The van der Waals surface area contributed by atoms with Crippen molar-refractivity contribution < 1.29 is 47.6 Å². The van der Waals surface area contributed by atoms with Gasteiger partial charge in [-0.3, -0.25) is 14.4 Å². The van der Waals surface area contributed by atoms with Crippen LogP contribution in [0.2, 0.25) is 0 Å². The average Bonchev–Trinajstić information content (AvgIpc) is 3.57. The van der Waals surface area contributed by atoms with Gasteiger partial charge in [0.05, 0.1) is 11.5 Å². The highest BCUT2D eigenvalue weighted by molar-refractivity contribution is 5.93. The van der Waals surface area contributed by atoms with Gasteiger partial charge in [0.25, 0.3) is 0 Å². The lowest BCUT2D eigenvalue weighted by Gasteiger charge is -2.27. The molecule has 180 valence electrons. The molecule has 2 fully saturated rings. The highest BCUT2D eigenvalue weighted by atomic mass is 16.7. The predicted molar refractivity (Wildman–Crippen MR) is 110 cm³/mol. The minimum absolute atomic E-state index is 0.0555. The van der Waals surface area contributed by atoms with Gasteiger partial charge < -0.3 is 28.4 Å². The fraction of sp³-hybridized carbons (Fsp3) is 0.652. The summed E-state index contributed by atoms with van der Waals surface area (Å²) < 4.78 is 33.6. The van der Waals surface area contributed by atoms with E-state index in [4.69, 9.17) is 28.4 Å². The summed E-state index contributed by atoms with van der Waals surface area (Å²) >= 11 is 0. The van der Waals surface area contributed by atoms with Gasteiger partial charge in [-0.05, 0) is 6.92 Å². The van der Waals surface area contributed by atoms with Crippen LogP contribution in [0.5, 0.6) is 0 Å². The molecule has 3 heterocycles. The Balaban J connectivity index is 1.77. The third-order valence-electron chi connectivity index (χ3n) is 6.27. The van der Waals surface area contributed by atoms with Crippen LogP contribution in [0.4, 0.5) is 0 Å². The molecule has 0 saturated carbocycles. The Morgan fingerprint density at radius 1 is 1.15 bits per heavy atom. The largest absolute Gasteiger partial charge is 0.463 e. The fourth-order valence-electron chi connectivity index (χ4n) is 4.27. The molecule has 0 spiro atoms. The van der Waals surface area contributed by atoms with Crippen molar-refractivity contribution in [1.29, 1.82) is 0 Å². The standard InChI is InChI=1S/C23H28O10/c1-11(2)20(26)30-15-8-23(10-29-13(4)25)16(32-23)6-7-22(5)19(33-22)18-17(15)14(21(27)31-18)9-28-12(3)24/h6-7,11,15-16,18-19H,8-10H2,1-5H3/b7-6-/t15?,16-,18-,19+,22+,23-/m0/s1. The molecule has 10 nitrogen and oxygen atoms in total. The van der Waals surface area contributed by atoms with Crippen molar-refractivity contribution in [3.8, 4) is 0 Å². The summed E-state index contributed by atoms with van der Waals surface area (Å²) in [7, 11) is 0. The van der Waals surface area contributed by atoms with Crippen LogP contribution < -0.4 is 0 Å². The maximum Gasteiger partial charge on any atom is 0.338 e. The van der Waals surface area contributed by atoms with E-state index >= 15 is 0 Å². The van der Waals surface area contributed by atoms with Crippen molar-refractivity contribution >= 4 is 23.9 Å². The van der Waals surface area contributed by atoms with Crippen molar-refractivity contribution in [3.05, 3.63) is 23.3 Å². The minimum Gasteiger partial charge on any atom is -0.463 e. The third-order valence-corrected chi connectivity index (χ3v) is 6.27. The third kappa shape index (κ3) is 4.54. The maximum atomic E-state index is 12.8. The van der Waals surface area contributed by atoms with E-state index in [1.165, 1.54) is 13.8 Å². The fourth-order valence-corrected chi connectivity index (χ4v) is 4.27. The number of hydrogen-bond donors (Lipinski definition) is 0. The molecule has 0 radical (unpaired) electrons. The molecule has 10 heteroatoms. The minimum atomic E-state index is -0.947. The summed E-state index contributed by atoms with van der Waals surface area (Å²) in [5, 5.41) is 0. The van der Waals surface area contributed by atoms with Crippen LogP contribution in [0.3, 0.4) is 0 Å². The van der Waals surface area contributed by atoms with Crippen LogP contribution in [0.25, 0.3) is 0 Å². The molecule has 3 aliphatic heterocycles. The number of carbonyl (C=O) groups is 4. The monoisotopic (exact) mass is 464 g/mol. The molecule has 0 amide bonds. The number of rotatable bonds is 6. The maximum absolute atomic E-state index is 12.8. The number of hydrogen-bond acceptors (Lipinski definition) is 10. The summed E-state index contributed by atoms with van der Waals surface area (Å²) in [6.45, 7) is 7.38. The molecule has 0 aromatic carbocycles. The molecule has 0 aromatic rings. The van der Waals surface area contributed by atoms with Gasteiger partial charge in [0, 0.05) is 25.8 Å². The Kier molecular flexibility index (Phi) is 5.86. The zero-order valence-corrected chi connectivity index (χ0v) is 19.2. The van der Waals surface area contributed by atoms with Crippen LogP contribution in [0.1, 0.15) is 41.0 Å². The van der Waals surface area contributed by atoms with E-state index in [1.807, 2.05) is 19.1 Å². The molecular weight excluding hydrogens is 436 g/mol. The summed E-state index contributed by atoms with van der Waals surface area (Å²) in [5.41, 5.74) is -1.18. The second kappa shape index (κ2) is 8.25. The molecule has 4 rings (SSSR count). The van der Waals surface area contributed by atoms with Crippen LogP contribution in [0.15, 0.2) is 23.3 Å². The Labute approximate surface area is 191 Å². The molecular formula is C23H28O10. The molecule has 6 atom stereocenters. The Morgan fingerprint density at radius 2 is 1.85 bits per heavy atom. The van der Waals surface area contributed by atoms with E-state index in [9.17, 15) is 19.2 Å². The molecule has 0 bridgehead atoms.